The number of nitrogens with zero attached hydrogens (tertiary/aromatic N) is 3. The number of imidazole rings is 1. The molecule has 0 aliphatic carbocycles. The SMILES string of the molecule is Cn1ccnc1CNc1ccc(N2CCNC2=O)cc1. The van der Waals surface area contributed by atoms with Gasteiger partial charge >= 0.3 is 6.03 Å². The van der Waals surface area contributed by atoms with Crippen LogP contribution in [0.2, 0.25) is 0 Å². The molecule has 104 valence electrons. The molecule has 6 nitrogen and oxygen atoms in total. The number of nitrogens with one attached hydrogen (secondary N) is 2. The van der Waals surface area contributed by atoms with Crippen molar-refractivity contribution < 1.29 is 4.79 Å². The largest absolute Gasteiger partial charge is 0.378 e. The van der Waals surface area contributed by atoms with Crippen molar-refractivity contribution in [3.63, 3.8) is 0 Å². The first-order chi connectivity index (χ1) is 9.74. The summed E-state index contributed by atoms with van der Waals surface area (Å²) in [5.74, 6) is 0.980. The molecular weight excluding hydrogens is 254 g/mol. The van der Waals surface area contributed by atoms with Crippen molar-refractivity contribution in [1.82, 2.24) is 14.9 Å². The molecule has 1 aromatic heterocycles. The lowest BCUT2D eigenvalue weighted by Gasteiger charge is -2.15. The highest BCUT2D eigenvalue weighted by molar-refractivity contribution is 5.94. The molecule has 6 heteroatoms. The average molecular weight is 271 g/mol. The summed E-state index contributed by atoms with van der Waals surface area (Å²) >= 11 is 0. The molecule has 1 fully saturated rings. The Kier molecular flexibility index (Phi) is 3.28. The van der Waals surface area contributed by atoms with Gasteiger partial charge in [0.2, 0.25) is 0 Å². The van der Waals surface area contributed by atoms with Crippen molar-refractivity contribution in [1.29, 1.82) is 0 Å². The minimum Gasteiger partial charge on any atom is -0.378 e. The minimum absolute atomic E-state index is 0.0290. The monoisotopic (exact) mass is 271 g/mol. The van der Waals surface area contributed by atoms with E-state index < -0.39 is 0 Å². The van der Waals surface area contributed by atoms with Gasteiger partial charge in [0.05, 0.1) is 6.54 Å². The summed E-state index contributed by atoms with van der Waals surface area (Å²) in [6.07, 6.45) is 3.71. The van der Waals surface area contributed by atoms with Crippen LogP contribution < -0.4 is 15.5 Å². The minimum atomic E-state index is -0.0290. The fraction of sp³-hybridized carbons (Fsp3) is 0.286. The first-order valence-corrected chi connectivity index (χ1v) is 6.59. The molecule has 20 heavy (non-hydrogen) atoms. The van der Waals surface area contributed by atoms with Gasteiger partial charge in [0.25, 0.3) is 0 Å². The van der Waals surface area contributed by atoms with Gasteiger partial charge in [0.15, 0.2) is 0 Å². The number of hydrogen-bond acceptors (Lipinski definition) is 3. The predicted molar refractivity (Wildman–Crippen MR) is 77.7 cm³/mol. The molecule has 1 saturated heterocycles. The Morgan fingerprint density at radius 1 is 1.35 bits per heavy atom. The molecule has 2 aromatic rings. The third-order valence-corrected chi connectivity index (χ3v) is 3.41. The van der Waals surface area contributed by atoms with E-state index in [4.69, 9.17) is 0 Å². The van der Waals surface area contributed by atoms with Gasteiger partial charge in [0, 0.05) is 43.9 Å². The summed E-state index contributed by atoms with van der Waals surface area (Å²) in [7, 11) is 1.97. The first-order valence-electron chi connectivity index (χ1n) is 6.59. The molecule has 0 atom stereocenters. The Morgan fingerprint density at radius 3 is 2.75 bits per heavy atom. The summed E-state index contributed by atoms with van der Waals surface area (Å²) in [6, 6.07) is 7.82. The van der Waals surface area contributed by atoms with Crippen LogP contribution in [0.4, 0.5) is 16.2 Å². The van der Waals surface area contributed by atoms with E-state index in [0.29, 0.717) is 13.1 Å². The normalized spacial score (nSPS) is 14.4. The lowest BCUT2D eigenvalue weighted by molar-refractivity contribution is 0.252. The van der Waals surface area contributed by atoms with Crippen LogP contribution in [0, 0.1) is 0 Å². The van der Waals surface area contributed by atoms with Crippen LogP contribution in [-0.2, 0) is 13.6 Å². The van der Waals surface area contributed by atoms with E-state index in [1.54, 1.807) is 11.1 Å². The number of hydrogen-bond donors (Lipinski definition) is 2. The van der Waals surface area contributed by atoms with E-state index in [9.17, 15) is 4.79 Å². The molecule has 0 saturated carbocycles. The van der Waals surface area contributed by atoms with Gasteiger partial charge < -0.3 is 15.2 Å². The van der Waals surface area contributed by atoms with Gasteiger partial charge in [-0.1, -0.05) is 0 Å². The molecule has 2 N–H and O–H groups in total. The predicted octanol–water partition coefficient (Wildman–Crippen LogP) is 1.56. The van der Waals surface area contributed by atoms with E-state index in [0.717, 1.165) is 23.7 Å². The quantitative estimate of drug-likeness (QED) is 0.887. The Morgan fingerprint density at radius 2 is 2.15 bits per heavy atom. The van der Waals surface area contributed by atoms with Gasteiger partial charge in [-0.25, -0.2) is 9.78 Å². The summed E-state index contributed by atoms with van der Waals surface area (Å²) < 4.78 is 1.98. The highest BCUT2D eigenvalue weighted by Crippen LogP contribution is 2.19. The Balaban J connectivity index is 1.64. The molecule has 0 spiro atoms. The Hall–Kier alpha value is -2.50. The zero-order chi connectivity index (χ0) is 13.9. The van der Waals surface area contributed by atoms with Crippen LogP contribution in [0.1, 0.15) is 5.82 Å². The summed E-state index contributed by atoms with van der Waals surface area (Å²) in [5.41, 5.74) is 1.93. The van der Waals surface area contributed by atoms with Crippen molar-refractivity contribution in [2.75, 3.05) is 23.3 Å². The van der Waals surface area contributed by atoms with Crippen LogP contribution in [-0.4, -0.2) is 28.7 Å². The van der Waals surface area contributed by atoms with Crippen LogP contribution in [0.5, 0.6) is 0 Å². The lowest BCUT2D eigenvalue weighted by Crippen LogP contribution is -2.27. The lowest BCUT2D eigenvalue weighted by atomic mass is 10.2. The van der Waals surface area contributed by atoms with E-state index in [2.05, 4.69) is 15.6 Å². The third-order valence-electron chi connectivity index (χ3n) is 3.41. The highest BCUT2D eigenvalue weighted by Gasteiger charge is 2.20. The number of aromatic nitrogens is 2. The van der Waals surface area contributed by atoms with Crippen LogP contribution in [0.3, 0.4) is 0 Å². The summed E-state index contributed by atoms with van der Waals surface area (Å²) in [5, 5.41) is 6.11. The second-order valence-electron chi connectivity index (χ2n) is 4.74. The summed E-state index contributed by atoms with van der Waals surface area (Å²) in [4.78, 5) is 17.6. The molecule has 2 amide bonds. The molecular formula is C14H17N5O. The average Bonchev–Trinajstić information content (AvgIpc) is 3.06. The number of benzene rings is 1. The van der Waals surface area contributed by atoms with E-state index in [-0.39, 0.29) is 6.03 Å². The third kappa shape index (κ3) is 2.45. The second-order valence-corrected chi connectivity index (χ2v) is 4.74. The molecule has 1 aliphatic rings. The number of anilines is 2. The van der Waals surface area contributed by atoms with Crippen molar-refractivity contribution in [2.45, 2.75) is 6.54 Å². The molecule has 0 unspecified atom stereocenters. The Labute approximate surface area is 117 Å². The van der Waals surface area contributed by atoms with E-state index in [1.165, 1.54) is 0 Å². The second kappa shape index (κ2) is 5.24. The van der Waals surface area contributed by atoms with Crippen molar-refractivity contribution in [3.05, 3.63) is 42.5 Å². The van der Waals surface area contributed by atoms with Crippen LogP contribution >= 0.6 is 0 Å². The zero-order valence-corrected chi connectivity index (χ0v) is 11.3. The topological polar surface area (TPSA) is 62.2 Å². The molecule has 3 rings (SSSR count). The number of carbonyl (C=O) groups is 1. The van der Waals surface area contributed by atoms with Crippen molar-refractivity contribution in [2.24, 2.45) is 7.05 Å². The van der Waals surface area contributed by atoms with E-state index in [1.807, 2.05) is 42.1 Å². The van der Waals surface area contributed by atoms with E-state index >= 15 is 0 Å². The van der Waals surface area contributed by atoms with Gasteiger partial charge in [-0.2, -0.15) is 0 Å². The fourth-order valence-electron chi connectivity index (χ4n) is 2.23. The number of urea groups is 1. The van der Waals surface area contributed by atoms with Gasteiger partial charge in [-0.3, -0.25) is 4.90 Å². The number of rotatable bonds is 4. The first kappa shape index (κ1) is 12.5. The molecule has 0 bridgehead atoms. The molecule has 1 aliphatic heterocycles. The number of amides is 2. The smallest absolute Gasteiger partial charge is 0.321 e. The Bertz CT molecular complexity index is 604. The standard InChI is InChI=1S/C14H17N5O/c1-18-8-6-15-13(18)10-17-11-2-4-12(5-3-11)19-9-7-16-14(19)20/h2-6,8,17H,7,9-10H2,1H3,(H,16,20). The summed E-state index contributed by atoms with van der Waals surface area (Å²) in [6.45, 7) is 2.10. The van der Waals surface area contributed by atoms with Gasteiger partial charge in [-0.05, 0) is 24.3 Å². The molecule has 0 radical (unpaired) electrons. The molecule has 1 aromatic carbocycles. The highest BCUT2D eigenvalue weighted by atomic mass is 16.2. The van der Waals surface area contributed by atoms with Gasteiger partial charge in [-0.15, -0.1) is 0 Å². The number of carbonyl (C=O) groups excluding carboxylic acids is 1. The van der Waals surface area contributed by atoms with Crippen LogP contribution in [0.15, 0.2) is 36.7 Å². The maximum absolute atomic E-state index is 11.6. The maximum atomic E-state index is 11.6. The van der Waals surface area contributed by atoms with Crippen molar-refractivity contribution in [3.8, 4) is 0 Å². The zero-order valence-electron chi connectivity index (χ0n) is 11.3. The molecule has 2 heterocycles. The number of aryl methyl sites for hydroxylation is 1. The van der Waals surface area contributed by atoms with Gasteiger partial charge in [0.1, 0.15) is 5.82 Å². The fourth-order valence-corrected chi connectivity index (χ4v) is 2.23. The van der Waals surface area contributed by atoms with Crippen molar-refractivity contribution >= 4 is 17.4 Å². The maximum Gasteiger partial charge on any atom is 0.321 e. The van der Waals surface area contributed by atoms with Crippen LogP contribution in [0.25, 0.3) is 0 Å².